The monoisotopic (exact) mass is 275 g/mol. The molecule has 0 aromatic heterocycles. The molecule has 0 aromatic rings. The lowest BCUT2D eigenvalue weighted by Gasteiger charge is -2.55. The zero-order valence-electron chi connectivity index (χ0n) is 11.7. The molecule has 0 saturated heterocycles. The Morgan fingerprint density at radius 1 is 1.05 bits per heavy atom. The summed E-state index contributed by atoms with van der Waals surface area (Å²) in [6.07, 6.45) is 6.92. The molecule has 4 saturated carbocycles. The van der Waals surface area contributed by atoms with Gasteiger partial charge in [-0.05, 0) is 56.3 Å². The lowest BCUT2D eigenvalue weighted by molar-refractivity contribution is -0.147. The number of carbonyl (C=O) groups is 2. The molecule has 108 valence electrons. The van der Waals surface area contributed by atoms with E-state index in [4.69, 9.17) is 5.26 Å². The van der Waals surface area contributed by atoms with Gasteiger partial charge in [-0.1, -0.05) is 0 Å². The van der Waals surface area contributed by atoms with Gasteiger partial charge in [-0.2, -0.15) is 5.26 Å². The lowest BCUT2D eigenvalue weighted by atomic mass is 9.49. The van der Waals surface area contributed by atoms with Gasteiger partial charge >= 0.3 is 0 Å². The van der Waals surface area contributed by atoms with Gasteiger partial charge < -0.3 is 10.6 Å². The van der Waals surface area contributed by atoms with E-state index in [1.54, 1.807) is 0 Å². The van der Waals surface area contributed by atoms with E-state index in [2.05, 4.69) is 10.6 Å². The smallest absolute Gasteiger partial charge is 0.240 e. The number of amides is 2. The third-order valence-electron chi connectivity index (χ3n) is 5.29. The summed E-state index contributed by atoms with van der Waals surface area (Å²) < 4.78 is 0. The minimum Gasteiger partial charge on any atom is -0.347 e. The second-order valence-corrected chi connectivity index (χ2v) is 6.82. The van der Waals surface area contributed by atoms with Crippen LogP contribution in [0.25, 0.3) is 0 Å². The Kier molecular flexibility index (Phi) is 3.41. The fourth-order valence-electron chi connectivity index (χ4n) is 4.94. The second kappa shape index (κ2) is 5.08. The Bertz CT molecular complexity index is 431. The van der Waals surface area contributed by atoms with Crippen LogP contribution in [0, 0.1) is 34.5 Å². The van der Waals surface area contributed by atoms with Crippen LogP contribution in [0.2, 0.25) is 0 Å². The van der Waals surface area contributed by atoms with Crippen LogP contribution in [0.4, 0.5) is 0 Å². The van der Waals surface area contributed by atoms with Gasteiger partial charge in [0.2, 0.25) is 11.8 Å². The van der Waals surface area contributed by atoms with E-state index in [0.717, 1.165) is 37.0 Å². The van der Waals surface area contributed by atoms with Crippen molar-refractivity contribution >= 4 is 11.8 Å². The highest BCUT2D eigenvalue weighted by atomic mass is 16.2. The summed E-state index contributed by atoms with van der Waals surface area (Å²) >= 11 is 0. The summed E-state index contributed by atoms with van der Waals surface area (Å²) in [6.45, 7) is -0.0195. The van der Waals surface area contributed by atoms with Gasteiger partial charge in [0.05, 0.1) is 12.6 Å². The van der Waals surface area contributed by atoms with E-state index in [0.29, 0.717) is 0 Å². The molecule has 0 spiro atoms. The molecule has 0 heterocycles. The average molecular weight is 275 g/mol. The van der Waals surface area contributed by atoms with Gasteiger partial charge in [-0.25, -0.2) is 0 Å². The predicted octanol–water partition coefficient (Wildman–Crippen LogP) is 0.959. The van der Waals surface area contributed by atoms with Gasteiger partial charge in [-0.3, -0.25) is 9.59 Å². The van der Waals surface area contributed by atoms with Gasteiger partial charge in [0.25, 0.3) is 0 Å². The fourth-order valence-corrected chi connectivity index (χ4v) is 4.94. The van der Waals surface area contributed by atoms with Crippen molar-refractivity contribution in [2.24, 2.45) is 23.2 Å². The summed E-state index contributed by atoms with van der Waals surface area (Å²) in [7, 11) is 0. The number of carbonyl (C=O) groups excluding carboxylic acids is 2. The van der Waals surface area contributed by atoms with E-state index in [9.17, 15) is 9.59 Å². The molecular weight excluding hydrogens is 254 g/mol. The number of rotatable bonds is 4. The molecule has 4 aliphatic carbocycles. The number of hydrogen-bond acceptors (Lipinski definition) is 3. The maximum Gasteiger partial charge on any atom is 0.240 e. The van der Waals surface area contributed by atoms with E-state index < -0.39 is 0 Å². The molecule has 4 aliphatic rings. The molecule has 4 bridgehead atoms. The molecule has 5 nitrogen and oxygen atoms in total. The van der Waals surface area contributed by atoms with Gasteiger partial charge in [0, 0.05) is 5.41 Å². The summed E-state index contributed by atoms with van der Waals surface area (Å²) in [6, 6.07) is 1.85. The molecule has 4 rings (SSSR count). The zero-order chi connectivity index (χ0) is 14.2. The van der Waals surface area contributed by atoms with E-state index in [-0.39, 0.29) is 30.3 Å². The van der Waals surface area contributed by atoms with Gasteiger partial charge in [0.15, 0.2) is 0 Å². The van der Waals surface area contributed by atoms with Crippen molar-refractivity contribution in [3.63, 3.8) is 0 Å². The number of nitrogens with one attached hydrogen (secondary N) is 2. The van der Waals surface area contributed by atoms with Gasteiger partial charge in [0.1, 0.15) is 6.54 Å². The molecule has 0 aliphatic heterocycles. The molecule has 20 heavy (non-hydrogen) atoms. The van der Waals surface area contributed by atoms with Crippen molar-refractivity contribution in [1.82, 2.24) is 10.6 Å². The SMILES string of the molecule is N#CCNC(=O)CNC(=O)C12CC3CC(CC(C3)C1)C2. The summed E-state index contributed by atoms with van der Waals surface area (Å²) in [4.78, 5) is 24.0. The third kappa shape index (κ3) is 2.39. The molecular formula is C15H21N3O2. The largest absolute Gasteiger partial charge is 0.347 e. The number of nitriles is 1. The van der Waals surface area contributed by atoms with Crippen LogP contribution in [0.1, 0.15) is 38.5 Å². The second-order valence-electron chi connectivity index (χ2n) is 6.82. The standard InChI is InChI=1S/C15H21N3O2/c16-1-2-17-13(19)9-18-14(20)15-6-10-3-11(7-15)5-12(4-10)8-15/h10-12H,2-9H2,(H,17,19)(H,18,20). The van der Waals surface area contributed by atoms with Crippen LogP contribution in [0.5, 0.6) is 0 Å². The van der Waals surface area contributed by atoms with E-state index >= 15 is 0 Å². The topological polar surface area (TPSA) is 82.0 Å². The Morgan fingerprint density at radius 2 is 1.60 bits per heavy atom. The summed E-state index contributed by atoms with van der Waals surface area (Å²) in [5.41, 5.74) is -0.204. The number of nitrogens with zero attached hydrogens (tertiary/aromatic N) is 1. The zero-order valence-corrected chi connectivity index (χ0v) is 11.7. The molecule has 5 heteroatoms. The first-order chi connectivity index (χ1) is 9.61. The molecule has 0 radical (unpaired) electrons. The summed E-state index contributed by atoms with van der Waals surface area (Å²) in [5.74, 6) is 1.94. The molecule has 0 aromatic carbocycles. The normalized spacial score (nSPS) is 37.2. The van der Waals surface area contributed by atoms with E-state index in [1.807, 2.05) is 6.07 Å². The van der Waals surface area contributed by atoms with E-state index in [1.165, 1.54) is 19.3 Å². The van der Waals surface area contributed by atoms with Crippen LogP contribution in [0.3, 0.4) is 0 Å². The molecule has 2 amide bonds. The average Bonchev–Trinajstić information content (AvgIpc) is 2.41. The minimum absolute atomic E-state index is 0.00787. The molecule has 0 atom stereocenters. The highest BCUT2D eigenvalue weighted by Crippen LogP contribution is 2.60. The van der Waals surface area contributed by atoms with Crippen molar-refractivity contribution in [2.75, 3.05) is 13.1 Å². The fraction of sp³-hybridized carbons (Fsp3) is 0.800. The Morgan fingerprint density at radius 3 is 2.10 bits per heavy atom. The first-order valence-corrected chi connectivity index (χ1v) is 7.53. The van der Waals surface area contributed by atoms with Crippen LogP contribution >= 0.6 is 0 Å². The lowest BCUT2D eigenvalue weighted by Crippen LogP contribution is -2.54. The minimum atomic E-state index is -0.287. The van der Waals surface area contributed by atoms with Crippen molar-refractivity contribution in [2.45, 2.75) is 38.5 Å². The molecule has 2 N–H and O–H groups in total. The van der Waals surface area contributed by atoms with Crippen molar-refractivity contribution in [1.29, 1.82) is 5.26 Å². The molecule has 4 fully saturated rings. The van der Waals surface area contributed by atoms with Crippen LogP contribution in [-0.4, -0.2) is 24.9 Å². The summed E-state index contributed by atoms with van der Waals surface area (Å²) in [5, 5.41) is 13.6. The third-order valence-corrected chi connectivity index (χ3v) is 5.29. The van der Waals surface area contributed by atoms with Crippen molar-refractivity contribution < 1.29 is 9.59 Å². The van der Waals surface area contributed by atoms with Crippen LogP contribution in [-0.2, 0) is 9.59 Å². The van der Waals surface area contributed by atoms with Crippen LogP contribution in [0.15, 0.2) is 0 Å². The predicted molar refractivity (Wildman–Crippen MR) is 72.2 cm³/mol. The first-order valence-electron chi connectivity index (χ1n) is 7.53. The Hall–Kier alpha value is -1.57. The molecule has 0 unspecified atom stereocenters. The van der Waals surface area contributed by atoms with Crippen molar-refractivity contribution in [3.8, 4) is 6.07 Å². The number of hydrogen-bond donors (Lipinski definition) is 2. The highest BCUT2D eigenvalue weighted by molar-refractivity contribution is 5.88. The highest BCUT2D eigenvalue weighted by Gasteiger charge is 2.54. The van der Waals surface area contributed by atoms with Crippen LogP contribution < -0.4 is 10.6 Å². The maximum absolute atomic E-state index is 12.5. The quantitative estimate of drug-likeness (QED) is 0.750. The Labute approximate surface area is 119 Å². The van der Waals surface area contributed by atoms with Gasteiger partial charge in [-0.15, -0.1) is 0 Å². The Balaban J connectivity index is 1.57. The first kappa shape index (κ1) is 13.4. The maximum atomic E-state index is 12.5. The van der Waals surface area contributed by atoms with Crippen molar-refractivity contribution in [3.05, 3.63) is 0 Å².